The Balaban J connectivity index is 2.14. The molecule has 1 aliphatic heterocycles. The van der Waals surface area contributed by atoms with E-state index >= 15 is 0 Å². The Morgan fingerprint density at radius 1 is 1.47 bits per heavy atom. The highest BCUT2D eigenvalue weighted by molar-refractivity contribution is 5.87. The van der Waals surface area contributed by atoms with Gasteiger partial charge in [-0.3, -0.25) is 4.68 Å². The van der Waals surface area contributed by atoms with Crippen LogP contribution in [-0.4, -0.2) is 27.5 Å². The Labute approximate surface area is 108 Å². The number of aromatic carboxylic acids is 1. The summed E-state index contributed by atoms with van der Waals surface area (Å²) in [5, 5.41) is 12.7. The van der Waals surface area contributed by atoms with Crippen molar-refractivity contribution in [2.75, 3.05) is 6.61 Å². The first-order chi connectivity index (χ1) is 9.06. The van der Waals surface area contributed by atoms with Crippen molar-refractivity contribution in [3.05, 3.63) is 35.3 Å². The largest absolute Gasteiger partial charge is 0.493 e. The van der Waals surface area contributed by atoms with Gasteiger partial charge in [0.05, 0.1) is 12.3 Å². The molecule has 5 nitrogen and oxygen atoms in total. The van der Waals surface area contributed by atoms with Gasteiger partial charge in [0, 0.05) is 25.1 Å². The second-order valence-electron chi connectivity index (χ2n) is 4.38. The highest BCUT2D eigenvalue weighted by Gasteiger charge is 2.20. The SMILES string of the molecule is Cn1nc(C(=O)O)cc1-c1cc2c(cc1F)OCC2. The number of hydrogen-bond donors (Lipinski definition) is 1. The maximum Gasteiger partial charge on any atom is 0.356 e. The molecule has 98 valence electrons. The molecule has 6 heteroatoms. The first-order valence-electron chi connectivity index (χ1n) is 5.79. The fourth-order valence-electron chi connectivity index (χ4n) is 2.22. The molecule has 1 aromatic carbocycles. The van der Waals surface area contributed by atoms with E-state index in [0.717, 1.165) is 12.0 Å². The molecule has 0 aliphatic carbocycles. The third kappa shape index (κ3) is 1.85. The fraction of sp³-hybridized carbons (Fsp3) is 0.231. The van der Waals surface area contributed by atoms with E-state index in [1.165, 1.54) is 16.8 Å². The number of benzene rings is 1. The minimum absolute atomic E-state index is 0.103. The number of aryl methyl sites for hydroxylation is 1. The molecule has 0 radical (unpaired) electrons. The van der Waals surface area contributed by atoms with Gasteiger partial charge < -0.3 is 9.84 Å². The molecular weight excluding hydrogens is 251 g/mol. The summed E-state index contributed by atoms with van der Waals surface area (Å²) in [6, 6.07) is 4.40. The molecule has 0 atom stereocenters. The number of hydrogen-bond acceptors (Lipinski definition) is 3. The monoisotopic (exact) mass is 262 g/mol. The van der Waals surface area contributed by atoms with Crippen LogP contribution in [0.1, 0.15) is 16.1 Å². The Kier molecular flexibility index (Phi) is 2.51. The minimum atomic E-state index is -1.13. The molecule has 2 aromatic rings. The lowest BCUT2D eigenvalue weighted by atomic mass is 10.1. The summed E-state index contributed by atoms with van der Waals surface area (Å²) in [4.78, 5) is 10.9. The zero-order chi connectivity index (χ0) is 13.6. The Morgan fingerprint density at radius 3 is 2.95 bits per heavy atom. The molecule has 1 N–H and O–H groups in total. The average molecular weight is 262 g/mol. The molecule has 1 aromatic heterocycles. The lowest BCUT2D eigenvalue weighted by molar-refractivity contribution is 0.0689. The van der Waals surface area contributed by atoms with Crippen LogP contribution >= 0.6 is 0 Å². The zero-order valence-corrected chi connectivity index (χ0v) is 10.2. The number of ether oxygens (including phenoxy) is 1. The number of aromatic nitrogens is 2. The van der Waals surface area contributed by atoms with Gasteiger partial charge in [0.2, 0.25) is 0 Å². The second kappa shape index (κ2) is 4.08. The number of carboxylic acid groups (broad SMARTS) is 1. The van der Waals surface area contributed by atoms with E-state index in [1.54, 1.807) is 13.1 Å². The molecule has 19 heavy (non-hydrogen) atoms. The first-order valence-corrected chi connectivity index (χ1v) is 5.79. The molecule has 2 heterocycles. The topological polar surface area (TPSA) is 64.4 Å². The van der Waals surface area contributed by atoms with Crippen LogP contribution in [0.5, 0.6) is 5.75 Å². The smallest absolute Gasteiger partial charge is 0.356 e. The van der Waals surface area contributed by atoms with E-state index in [0.29, 0.717) is 23.6 Å². The summed E-state index contributed by atoms with van der Waals surface area (Å²) >= 11 is 0. The number of carboxylic acids is 1. The average Bonchev–Trinajstić information content (AvgIpc) is 2.94. The molecule has 0 saturated heterocycles. The number of halogens is 1. The fourth-order valence-corrected chi connectivity index (χ4v) is 2.22. The van der Waals surface area contributed by atoms with Crippen molar-refractivity contribution in [1.82, 2.24) is 9.78 Å². The van der Waals surface area contributed by atoms with Crippen LogP contribution in [-0.2, 0) is 13.5 Å². The van der Waals surface area contributed by atoms with Crippen LogP contribution in [0.25, 0.3) is 11.3 Å². The summed E-state index contributed by atoms with van der Waals surface area (Å²) < 4.78 is 20.7. The van der Waals surface area contributed by atoms with Gasteiger partial charge in [-0.2, -0.15) is 5.10 Å². The van der Waals surface area contributed by atoms with E-state index in [1.807, 2.05) is 0 Å². The summed E-state index contributed by atoms with van der Waals surface area (Å²) in [6.45, 7) is 0.546. The van der Waals surface area contributed by atoms with Crippen LogP contribution in [0.4, 0.5) is 4.39 Å². The molecule has 0 fully saturated rings. The van der Waals surface area contributed by atoms with Gasteiger partial charge in [0.15, 0.2) is 5.69 Å². The van der Waals surface area contributed by atoms with Crippen LogP contribution in [0.15, 0.2) is 18.2 Å². The van der Waals surface area contributed by atoms with Gasteiger partial charge in [-0.15, -0.1) is 0 Å². The molecule has 0 unspecified atom stereocenters. The third-order valence-electron chi connectivity index (χ3n) is 3.15. The predicted octanol–water partition coefficient (Wildman–Crippen LogP) is 1.86. The third-order valence-corrected chi connectivity index (χ3v) is 3.15. The van der Waals surface area contributed by atoms with Gasteiger partial charge in [-0.05, 0) is 17.7 Å². The molecule has 0 spiro atoms. The van der Waals surface area contributed by atoms with Crippen LogP contribution in [0.3, 0.4) is 0 Å². The quantitative estimate of drug-likeness (QED) is 0.897. The number of nitrogens with zero attached hydrogens (tertiary/aromatic N) is 2. The summed E-state index contributed by atoms with van der Waals surface area (Å²) in [6.07, 6.45) is 0.728. The molecule has 0 saturated carbocycles. The Morgan fingerprint density at radius 2 is 2.26 bits per heavy atom. The van der Waals surface area contributed by atoms with E-state index < -0.39 is 11.8 Å². The van der Waals surface area contributed by atoms with Crippen molar-refractivity contribution in [3.63, 3.8) is 0 Å². The van der Waals surface area contributed by atoms with Crippen LogP contribution in [0.2, 0.25) is 0 Å². The summed E-state index contributed by atoms with van der Waals surface area (Å²) in [5.41, 5.74) is 1.60. The van der Waals surface area contributed by atoms with E-state index in [-0.39, 0.29) is 5.69 Å². The number of carbonyl (C=O) groups is 1. The van der Waals surface area contributed by atoms with Crippen LogP contribution in [0, 0.1) is 5.82 Å². The minimum Gasteiger partial charge on any atom is -0.493 e. The van der Waals surface area contributed by atoms with Crippen molar-refractivity contribution in [2.45, 2.75) is 6.42 Å². The highest BCUT2D eigenvalue weighted by Crippen LogP contribution is 2.33. The number of rotatable bonds is 2. The molecule has 0 amide bonds. The number of fused-ring (bicyclic) bond motifs is 1. The standard InChI is InChI=1S/C13H11FN2O3/c1-16-11(6-10(15-16)13(17)18)8-4-7-2-3-19-12(7)5-9(8)14/h4-6H,2-3H2,1H3,(H,17,18). The van der Waals surface area contributed by atoms with Crippen molar-refractivity contribution in [1.29, 1.82) is 0 Å². The van der Waals surface area contributed by atoms with Gasteiger partial charge in [0.1, 0.15) is 11.6 Å². The molecule has 0 bridgehead atoms. The lowest BCUT2D eigenvalue weighted by Gasteiger charge is -2.06. The second-order valence-corrected chi connectivity index (χ2v) is 4.38. The lowest BCUT2D eigenvalue weighted by Crippen LogP contribution is -1.99. The highest BCUT2D eigenvalue weighted by atomic mass is 19.1. The summed E-state index contributed by atoms with van der Waals surface area (Å²) in [5.74, 6) is -1.02. The van der Waals surface area contributed by atoms with E-state index in [9.17, 15) is 9.18 Å². The van der Waals surface area contributed by atoms with Gasteiger partial charge in [-0.1, -0.05) is 0 Å². The van der Waals surface area contributed by atoms with Gasteiger partial charge in [0.25, 0.3) is 0 Å². The van der Waals surface area contributed by atoms with E-state index in [4.69, 9.17) is 9.84 Å². The first kappa shape index (κ1) is 11.7. The maximum atomic E-state index is 14.1. The molecule has 3 rings (SSSR count). The molecular formula is C13H11FN2O3. The Hall–Kier alpha value is -2.37. The van der Waals surface area contributed by atoms with Crippen molar-refractivity contribution < 1.29 is 19.0 Å². The van der Waals surface area contributed by atoms with E-state index in [2.05, 4.69) is 5.10 Å². The Bertz CT molecular complexity index is 679. The zero-order valence-electron chi connectivity index (χ0n) is 10.2. The van der Waals surface area contributed by atoms with Crippen molar-refractivity contribution in [3.8, 4) is 17.0 Å². The maximum absolute atomic E-state index is 14.1. The summed E-state index contributed by atoms with van der Waals surface area (Å²) in [7, 11) is 1.59. The van der Waals surface area contributed by atoms with Gasteiger partial charge in [-0.25, -0.2) is 9.18 Å². The van der Waals surface area contributed by atoms with Gasteiger partial charge >= 0.3 is 5.97 Å². The van der Waals surface area contributed by atoms with Crippen LogP contribution < -0.4 is 4.74 Å². The van der Waals surface area contributed by atoms with Crippen molar-refractivity contribution in [2.24, 2.45) is 7.05 Å². The molecule has 1 aliphatic rings. The normalized spacial score (nSPS) is 13.2. The predicted molar refractivity (Wildman–Crippen MR) is 64.8 cm³/mol. The van der Waals surface area contributed by atoms with Crippen molar-refractivity contribution >= 4 is 5.97 Å².